The highest BCUT2D eigenvalue weighted by atomic mass is 16.6. The molecular weight excluding hydrogens is 1080 g/mol. The largest absolute Gasteiger partial charge is 0.481 e. The molecule has 0 aromatic carbocycles. The molecule has 0 aliphatic carbocycles. The van der Waals surface area contributed by atoms with Gasteiger partial charge in [0.2, 0.25) is 35.4 Å². The van der Waals surface area contributed by atoms with E-state index in [9.17, 15) is 63.4 Å². The number of amides is 6. The molecule has 0 aromatic heterocycles. The van der Waals surface area contributed by atoms with E-state index >= 15 is 0 Å². The van der Waals surface area contributed by atoms with Gasteiger partial charge in [0.05, 0.1) is 59.2 Å². The lowest BCUT2D eigenvalue weighted by molar-refractivity contribution is -0.149. The van der Waals surface area contributed by atoms with Crippen molar-refractivity contribution in [2.24, 2.45) is 11.7 Å². The van der Waals surface area contributed by atoms with Crippen molar-refractivity contribution in [1.29, 1.82) is 5.41 Å². The summed E-state index contributed by atoms with van der Waals surface area (Å²) in [6.07, 6.45) is 0.768. The number of nitrogens with zero attached hydrogens (tertiary/aromatic N) is 5. The van der Waals surface area contributed by atoms with E-state index in [0.29, 0.717) is 91.3 Å². The standard InChI is InChI=1S/C48H82N14O19/c49-48(50)51-6-1-2-36-44(71)53-25-39(65)54-37(23-41(67)68)45(72)56-43-33(22-35-3-4-38(46(73)55-36)62(35)47(43)74)24-52-40(66)28-79-21-20-78-19-18-77-17-16-76-15-5-34(57-75)26-58-7-8-59(27-42(69)70)10-12-61(30-81-32-64)14-13-60(11-9-58)29-80-31-63/h31-38,43,57,75H,1-30H2,(H,52,66)(H,53,71)(H,54,65)(H,55,73)(H,56,72)(H,67,68)(H,69,70)(H4,49,50,51)/t33-,34?,35-,36-,37-,38-,43+/m0/s1. The van der Waals surface area contributed by atoms with Crippen LogP contribution >= 0.6 is 0 Å². The van der Waals surface area contributed by atoms with Gasteiger partial charge in [-0.3, -0.25) is 73.0 Å². The van der Waals surface area contributed by atoms with Gasteiger partial charge in [0.25, 0.3) is 12.9 Å². The second-order valence-corrected chi connectivity index (χ2v) is 19.8. The predicted octanol–water partition coefficient (Wildman–Crippen LogP) is -6.82. The van der Waals surface area contributed by atoms with Crippen LogP contribution in [0.25, 0.3) is 0 Å². The normalized spacial score (nSPS) is 23.6. The number of ether oxygens (including phenoxy) is 6. The maximum atomic E-state index is 14.3. The number of aliphatic carboxylic acids is 2. The number of carbonyl (C=O) groups excluding carboxylic acids is 8. The first-order valence-electron chi connectivity index (χ1n) is 27.0. The van der Waals surface area contributed by atoms with Crippen LogP contribution in [0, 0.1) is 11.3 Å². The molecule has 4 fully saturated rings. The van der Waals surface area contributed by atoms with Crippen molar-refractivity contribution in [2.75, 3.05) is 151 Å². The van der Waals surface area contributed by atoms with Crippen LogP contribution in [0.3, 0.4) is 0 Å². The van der Waals surface area contributed by atoms with Gasteiger partial charge in [0.15, 0.2) is 5.96 Å². The van der Waals surface area contributed by atoms with Gasteiger partial charge in [-0.2, -0.15) is 0 Å². The molecule has 81 heavy (non-hydrogen) atoms. The van der Waals surface area contributed by atoms with E-state index in [0.717, 1.165) is 0 Å². The number of carboxylic acid groups (broad SMARTS) is 2. The summed E-state index contributed by atoms with van der Waals surface area (Å²) in [5.74, 6) is -7.90. The summed E-state index contributed by atoms with van der Waals surface area (Å²) >= 11 is 0. The second-order valence-electron chi connectivity index (χ2n) is 19.8. The lowest BCUT2D eigenvalue weighted by Crippen LogP contribution is -2.65. The summed E-state index contributed by atoms with van der Waals surface area (Å²) in [6, 6.07) is -6.06. The highest BCUT2D eigenvalue weighted by molar-refractivity contribution is 5.98. The van der Waals surface area contributed by atoms with Crippen LogP contribution in [0.5, 0.6) is 0 Å². The molecule has 33 nitrogen and oxygen atoms in total. The molecule has 4 aliphatic heterocycles. The minimum atomic E-state index is -1.65. The van der Waals surface area contributed by atoms with Crippen LogP contribution in [0.1, 0.15) is 44.9 Å². The maximum absolute atomic E-state index is 14.3. The number of nitrogens with two attached hydrogens (primary N) is 1. The first-order chi connectivity index (χ1) is 39.0. The molecule has 1 unspecified atom stereocenters. The second kappa shape index (κ2) is 37.6. The number of carboxylic acids is 2. The molecule has 33 heteroatoms. The van der Waals surface area contributed by atoms with Crippen molar-refractivity contribution < 1.29 is 91.8 Å². The predicted molar refractivity (Wildman–Crippen MR) is 279 cm³/mol. The zero-order valence-electron chi connectivity index (χ0n) is 45.6. The van der Waals surface area contributed by atoms with Crippen molar-refractivity contribution in [1.82, 2.24) is 61.9 Å². The van der Waals surface area contributed by atoms with Crippen LogP contribution in [0.2, 0.25) is 0 Å². The quantitative estimate of drug-likeness (QED) is 0.00955. The SMILES string of the molecule is N=C(N)NCCC[C@@H]1NC(=O)[C@@H]2CC[C@H]3C[C@@H](CNC(=O)COCCOCCOCCOCCC(CN4CCN(COC=O)CCN(COC=O)CCN(CC(=O)O)CC4)NO)[C@@H](NC(=O)[C@H](CC(=O)O)NC(=O)CNC1=O)C(=O)N32. The Labute approximate surface area is 468 Å². The summed E-state index contributed by atoms with van der Waals surface area (Å²) in [5, 5.41) is 51.8. The molecule has 458 valence electrons. The molecule has 13 N–H and O–H groups in total. The Kier molecular flexibility index (Phi) is 31.1. The first kappa shape index (κ1) is 67.1. The van der Waals surface area contributed by atoms with Crippen molar-refractivity contribution in [3.05, 3.63) is 0 Å². The Morgan fingerprint density at radius 2 is 1.31 bits per heavy atom. The summed E-state index contributed by atoms with van der Waals surface area (Å²) < 4.78 is 32.3. The molecule has 4 rings (SSSR count). The summed E-state index contributed by atoms with van der Waals surface area (Å²) in [6.45, 7) is 5.17. The Bertz CT molecular complexity index is 2050. The number of hydrogen-bond donors (Lipinski definition) is 12. The number of rotatable bonds is 33. The van der Waals surface area contributed by atoms with Crippen LogP contribution in [-0.2, 0) is 76.4 Å². The zero-order chi connectivity index (χ0) is 58.9. The van der Waals surface area contributed by atoms with Gasteiger partial charge in [-0.1, -0.05) is 0 Å². The number of guanidine groups is 1. The monoisotopic (exact) mass is 1160 g/mol. The van der Waals surface area contributed by atoms with Crippen molar-refractivity contribution in [2.45, 2.75) is 81.2 Å². The zero-order valence-corrected chi connectivity index (χ0v) is 45.6. The van der Waals surface area contributed by atoms with Gasteiger partial charge >= 0.3 is 11.9 Å². The molecular formula is C48H82N14O19. The van der Waals surface area contributed by atoms with Crippen molar-refractivity contribution in [3.8, 4) is 0 Å². The molecule has 0 aromatic rings. The van der Waals surface area contributed by atoms with E-state index in [1.54, 1.807) is 4.90 Å². The molecule has 4 aliphatic rings. The van der Waals surface area contributed by atoms with E-state index < -0.39 is 103 Å². The lowest BCUT2D eigenvalue weighted by atomic mass is 9.85. The Morgan fingerprint density at radius 1 is 0.716 bits per heavy atom. The van der Waals surface area contributed by atoms with Gasteiger partial charge < -0.3 is 86.4 Å². The van der Waals surface area contributed by atoms with E-state index in [1.807, 2.05) is 9.80 Å². The van der Waals surface area contributed by atoms with E-state index in [-0.39, 0.29) is 111 Å². The van der Waals surface area contributed by atoms with Crippen molar-refractivity contribution >= 4 is 66.3 Å². The van der Waals surface area contributed by atoms with Gasteiger partial charge in [0.1, 0.15) is 44.2 Å². The fourth-order valence-electron chi connectivity index (χ4n) is 9.67. The Hall–Kier alpha value is -6.43. The Balaban J connectivity index is 1.17. The van der Waals surface area contributed by atoms with Crippen LogP contribution in [0.15, 0.2) is 0 Å². The minimum Gasteiger partial charge on any atom is -0.481 e. The highest BCUT2D eigenvalue weighted by Gasteiger charge is 2.51. The average Bonchev–Trinajstić information content (AvgIpc) is 4.11. The Morgan fingerprint density at radius 3 is 1.89 bits per heavy atom. The van der Waals surface area contributed by atoms with Crippen LogP contribution in [0.4, 0.5) is 0 Å². The molecule has 4 heterocycles. The minimum absolute atomic E-state index is 0.0304. The molecule has 2 bridgehead atoms. The number of hydrogen-bond acceptors (Lipinski definition) is 23. The first-order valence-corrected chi connectivity index (χ1v) is 27.0. The third-order valence-electron chi connectivity index (χ3n) is 13.9. The molecule has 7 atom stereocenters. The summed E-state index contributed by atoms with van der Waals surface area (Å²) in [7, 11) is 0. The number of nitrogens with one attached hydrogen (secondary N) is 8. The number of hydroxylamine groups is 1. The van der Waals surface area contributed by atoms with Gasteiger partial charge in [-0.25, -0.2) is 5.48 Å². The number of fused-ring (bicyclic) bond motifs is 1. The fourth-order valence-corrected chi connectivity index (χ4v) is 9.67. The summed E-state index contributed by atoms with van der Waals surface area (Å²) in [5.41, 5.74) is 7.70. The molecule has 0 spiro atoms. The van der Waals surface area contributed by atoms with Crippen molar-refractivity contribution in [3.63, 3.8) is 0 Å². The van der Waals surface area contributed by atoms with E-state index in [1.165, 1.54) is 4.90 Å². The molecule has 4 saturated heterocycles. The van der Waals surface area contributed by atoms with E-state index in [2.05, 4.69) is 42.3 Å². The molecule has 6 amide bonds. The third kappa shape index (κ3) is 25.5. The van der Waals surface area contributed by atoms with Gasteiger partial charge in [0, 0.05) is 96.6 Å². The molecule has 0 saturated carbocycles. The smallest absolute Gasteiger partial charge is 0.317 e. The van der Waals surface area contributed by atoms with E-state index in [4.69, 9.17) is 39.6 Å². The third-order valence-corrected chi connectivity index (χ3v) is 13.9. The topological polar surface area (TPSA) is 437 Å². The fraction of sp³-hybridized carbons (Fsp3) is 0.771. The van der Waals surface area contributed by atoms with Gasteiger partial charge in [-0.05, 0) is 38.5 Å². The molecule has 0 radical (unpaired) electrons. The van der Waals surface area contributed by atoms with Crippen LogP contribution in [-0.4, -0.2) is 294 Å². The summed E-state index contributed by atoms with van der Waals surface area (Å²) in [4.78, 5) is 135. The number of piperidine rings is 1. The lowest BCUT2D eigenvalue weighted by Gasteiger charge is -2.42. The highest BCUT2D eigenvalue weighted by Crippen LogP contribution is 2.35. The number of carbonyl (C=O) groups is 10. The maximum Gasteiger partial charge on any atom is 0.317 e. The van der Waals surface area contributed by atoms with Crippen LogP contribution < -0.4 is 43.1 Å². The average molecular weight is 1160 g/mol. The van der Waals surface area contributed by atoms with Gasteiger partial charge in [-0.15, -0.1) is 0 Å².